The molecular weight excluding hydrogens is 410 g/mol. The number of anilines is 1. The Hall–Kier alpha value is -1.01. The summed E-state index contributed by atoms with van der Waals surface area (Å²) < 4.78 is 1.02. The maximum Gasteiger partial charge on any atom is 0.225 e. The first kappa shape index (κ1) is 19.7. The zero-order valence-corrected chi connectivity index (χ0v) is 18.1. The molecule has 2 aliphatic rings. The molecule has 1 atom stereocenters. The first-order chi connectivity index (χ1) is 12.6. The van der Waals surface area contributed by atoms with E-state index in [1.807, 2.05) is 40.9 Å². The summed E-state index contributed by atoms with van der Waals surface area (Å²) in [5, 5.41) is 1.13. The number of halogens is 1. The fourth-order valence-corrected chi connectivity index (χ4v) is 5.29. The monoisotopic (exact) mass is 437 g/mol. The lowest BCUT2D eigenvalue weighted by atomic mass is 9.96. The lowest BCUT2D eigenvalue weighted by molar-refractivity contribution is -0.117. The number of amidine groups is 1. The molecule has 1 unspecified atom stereocenters. The molecule has 1 aromatic carbocycles. The highest BCUT2D eigenvalue weighted by atomic mass is 79.9. The third kappa shape index (κ3) is 4.63. The van der Waals surface area contributed by atoms with Crippen molar-refractivity contribution in [3.05, 3.63) is 28.7 Å². The summed E-state index contributed by atoms with van der Waals surface area (Å²) in [6, 6.07) is 8.47. The number of hydrogen-bond donors (Lipinski definition) is 0. The molecule has 26 heavy (non-hydrogen) atoms. The Morgan fingerprint density at radius 3 is 2.58 bits per heavy atom. The summed E-state index contributed by atoms with van der Waals surface area (Å²) in [5.74, 6) is 0.958. The van der Waals surface area contributed by atoms with Crippen LogP contribution in [0, 0.1) is 0 Å². The van der Waals surface area contributed by atoms with Gasteiger partial charge in [-0.15, -0.1) is 0 Å². The molecule has 1 aliphatic heterocycles. The molecule has 0 spiro atoms. The van der Waals surface area contributed by atoms with Crippen molar-refractivity contribution in [2.75, 3.05) is 17.2 Å². The number of hydrogen-bond acceptors (Lipinski definition) is 3. The normalized spacial score (nSPS) is 22.8. The van der Waals surface area contributed by atoms with Gasteiger partial charge < -0.3 is 4.90 Å². The standard InChI is InChI=1S/C20H28BrN3OS/c1-3-13-23-19(14-26-20(23)22-17-7-5-4-6-8-17)24(15(2)25)18-11-9-16(21)10-12-18/h9-12,17,19H,3-8,13-14H2,1-2H3. The Balaban J connectivity index is 1.85. The van der Waals surface area contributed by atoms with Gasteiger partial charge in [-0.3, -0.25) is 14.7 Å². The van der Waals surface area contributed by atoms with Gasteiger partial charge in [0, 0.05) is 29.4 Å². The second kappa shape index (κ2) is 9.27. The fourth-order valence-electron chi connectivity index (χ4n) is 3.79. The van der Waals surface area contributed by atoms with E-state index < -0.39 is 0 Å². The Kier molecular flexibility index (Phi) is 7.04. The number of aliphatic imine (C=N–C) groups is 1. The van der Waals surface area contributed by atoms with Crippen LogP contribution in [0.4, 0.5) is 5.69 Å². The lowest BCUT2D eigenvalue weighted by Gasteiger charge is -2.35. The first-order valence-electron chi connectivity index (χ1n) is 9.62. The van der Waals surface area contributed by atoms with Gasteiger partial charge in [0.05, 0.1) is 6.04 Å². The summed E-state index contributed by atoms with van der Waals surface area (Å²) in [6.07, 6.45) is 7.43. The van der Waals surface area contributed by atoms with E-state index in [9.17, 15) is 4.79 Å². The molecule has 142 valence electrons. The van der Waals surface area contributed by atoms with Crippen LogP contribution in [0.1, 0.15) is 52.4 Å². The number of benzene rings is 1. The van der Waals surface area contributed by atoms with E-state index in [1.54, 1.807) is 6.92 Å². The second-order valence-electron chi connectivity index (χ2n) is 7.05. The molecule has 1 heterocycles. The molecule has 3 rings (SSSR count). The zero-order valence-electron chi connectivity index (χ0n) is 15.7. The van der Waals surface area contributed by atoms with Crippen molar-refractivity contribution in [2.45, 2.75) is 64.6 Å². The van der Waals surface area contributed by atoms with Gasteiger partial charge in [0.2, 0.25) is 5.91 Å². The number of thioether (sulfide) groups is 1. The van der Waals surface area contributed by atoms with Gasteiger partial charge in [-0.25, -0.2) is 0 Å². The van der Waals surface area contributed by atoms with Crippen molar-refractivity contribution >= 4 is 44.5 Å². The molecule has 1 amide bonds. The molecule has 1 aliphatic carbocycles. The number of rotatable bonds is 5. The van der Waals surface area contributed by atoms with Crippen LogP contribution in [0.25, 0.3) is 0 Å². The molecule has 0 radical (unpaired) electrons. The van der Waals surface area contributed by atoms with Crippen molar-refractivity contribution in [1.29, 1.82) is 0 Å². The van der Waals surface area contributed by atoms with Gasteiger partial charge in [-0.1, -0.05) is 53.9 Å². The maximum atomic E-state index is 12.5. The SMILES string of the molecule is CCCN1C(=NC2CCCCC2)SCC1N(C(C)=O)c1ccc(Br)cc1. The zero-order chi connectivity index (χ0) is 18.5. The highest BCUT2D eigenvalue weighted by Crippen LogP contribution is 2.32. The van der Waals surface area contributed by atoms with Crippen molar-refractivity contribution in [3.8, 4) is 0 Å². The molecular formula is C20H28BrN3OS. The van der Waals surface area contributed by atoms with Gasteiger partial charge in [-0.05, 0) is 43.5 Å². The van der Waals surface area contributed by atoms with Crippen LogP contribution in [-0.4, -0.2) is 40.5 Å². The van der Waals surface area contributed by atoms with Gasteiger partial charge in [-0.2, -0.15) is 0 Å². The third-order valence-electron chi connectivity index (χ3n) is 5.04. The number of carbonyl (C=O) groups excluding carboxylic acids is 1. The van der Waals surface area contributed by atoms with E-state index in [0.717, 1.165) is 34.0 Å². The van der Waals surface area contributed by atoms with E-state index in [4.69, 9.17) is 4.99 Å². The molecule has 1 saturated heterocycles. The number of carbonyl (C=O) groups is 1. The highest BCUT2D eigenvalue weighted by Gasteiger charge is 2.36. The van der Waals surface area contributed by atoms with Gasteiger partial charge in [0.15, 0.2) is 5.17 Å². The van der Waals surface area contributed by atoms with Crippen LogP contribution >= 0.6 is 27.7 Å². The fraction of sp³-hybridized carbons (Fsp3) is 0.600. The minimum Gasteiger partial charge on any atom is -0.330 e. The molecule has 0 aromatic heterocycles. The van der Waals surface area contributed by atoms with Crippen LogP contribution in [0.2, 0.25) is 0 Å². The predicted molar refractivity (Wildman–Crippen MR) is 115 cm³/mol. The van der Waals surface area contributed by atoms with E-state index in [1.165, 1.54) is 32.1 Å². The summed E-state index contributed by atoms with van der Waals surface area (Å²) in [6.45, 7) is 4.78. The van der Waals surface area contributed by atoms with Gasteiger partial charge in [0.25, 0.3) is 0 Å². The van der Waals surface area contributed by atoms with Crippen molar-refractivity contribution < 1.29 is 4.79 Å². The van der Waals surface area contributed by atoms with Crippen LogP contribution in [0.15, 0.2) is 33.7 Å². The van der Waals surface area contributed by atoms with Crippen LogP contribution in [0.5, 0.6) is 0 Å². The van der Waals surface area contributed by atoms with Crippen LogP contribution in [-0.2, 0) is 4.79 Å². The molecule has 1 saturated carbocycles. The van der Waals surface area contributed by atoms with Gasteiger partial charge >= 0.3 is 0 Å². The largest absolute Gasteiger partial charge is 0.330 e. The smallest absolute Gasteiger partial charge is 0.225 e. The summed E-state index contributed by atoms with van der Waals surface area (Å²) in [4.78, 5) is 21.9. The lowest BCUT2D eigenvalue weighted by Crippen LogP contribution is -2.50. The van der Waals surface area contributed by atoms with Crippen LogP contribution in [0.3, 0.4) is 0 Å². The average molecular weight is 438 g/mol. The first-order valence-corrected chi connectivity index (χ1v) is 11.4. The summed E-state index contributed by atoms with van der Waals surface area (Å²) in [5.41, 5.74) is 0.950. The minimum absolute atomic E-state index is 0.0426. The predicted octanol–water partition coefficient (Wildman–Crippen LogP) is 5.28. The Bertz CT molecular complexity index is 643. The molecule has 0 bridgehead atoms. The third-order valence-corrected chi connectivity index (χ3v) is 6.63. The Morgan fingerprint density at radius 1 is 1.27 bits per heavy atom. The quantitative estimate of drug-likeness (QED) is 0.628. The van der Waals surface area contributed by atoms with Gasteiger partial charge in [0.1, 0.15) is 6.17 Å². The number of amides is 1. The minimum atomic E-state index is 0.0426. The van der Waals surface area contributed by atoms with E-state index >= 15 is 0 Å². The number of nitrogens with zero attached hydrogens (tertiary/aromatic N) is 3. The molecule has 0 N–H and O–H groups in total. The Morgan fingerprint density at radius 2 is 1.96 bits per heavy atom. The van der Waals surface area contributed by atoms with E-state index in [0.29, 0.717) is 6.04 Å². The molecule has 6 heteroatoms. The van der Waals surface area contributed by atoms with Crippen molar-refractivity contribution in [1.82, 2.24) is 4.90 Å². The maximum absolute atomic E-state index is 12.5. The topological polar surface area (TPSA) is 35.9 Å². The summed E-state index contributed by atoms with van der Waals surface area (Å²) >= 11 is 5.29. The molecule has 2 fully saturated rings. The summed E-state index contributed by atoms with van der Waals surface area (Å²) in [7, 11) is 0. The average Bonchev–Trinajstić information content (AvgIpc) is 3.00. The highest BCUT2D eigenvalue weighted by molar-refractivity contribution is 9.10. The molecule has 4 nitrogen and oxygen atoms in total. The van der Waals surface area contributed by atoms with Crippen LogP contribution < -0.4 is 4.90 Å². The Labute approximate surface area is 169 Å². The van der Waals surface area contributed by atoms with Crippen molar-refractivity contribution in [3.63, 3.8) is 0 Å². The van der Waals surface area contributed by atoms with E-state index in [2.05, 4.69) is 27.8 Å². The van der Waals surface area contributed by atoms with E-state index in [-0.39, 0.29) is 12.1 Å². The molecule has 1 aromatic rings. The van der Waals surface area contributed by atoms with Crippen molar-refractivity contribution in [2.24, 2.45) is 4.99 Å². The second-order valence-corrected chi connectivity index (χ2v) is 8.96.